The lowest BCUT2D eigenvalue weighted by Crippen LogP contribution is -2.44. The van der Waals surface area contributed by atoms with Gasteiger partial charge in [0.1, 0.15) is 0 Å². The normalized spacial score (nSPS) is 19.9. The molecule has 0 spiro atoms. The molecule has 0 bridgehead atoms. The van der Waals surface area contributed by atoms with Gasteiger partial charge in [-0.3, -0.25) is 0 Å². The van der Waals surface area contributed by atoms with Gasteiger partial charge in [-0.25, -0.2) is 9.97 Å². The summed E-state index contributed by atoms with van der Waals surface area (Å²) in [6.45, 7) is 1.58. The van der Waals surface area contributed by atoms with Crippen molar-refractivity contribution in [3.05, 3.63) is 29.4 Å². The van der Waals surface area contributed by atoms with E-state index in [-0.39, 0.29) is 0 Å². The van der Waals surface area contributed by atoms with E-state index in [1.807, 2.05) is 24.3 Å². The smallest absolute Gasteiger partial charge is 0.172 e. The van der Waals surface area contributed by atoms with E-state index in [0.717, 1.165) is 36.2 Å². The maximum atomic E-state index is 6.30. The van der Waals surface area contributed by atoms with Gasteiger partial charge in [-0.15, -0.1) is 0 Å². The number of hydrogen-bond donors (Lipinski definition) is 1. The van der Waals surface area contributed by atoms with Crippen molar-refractivity contribution < 1.29 is 0 Å². The Hall–Kier alpha value is -1.39. The van der Waals surface area contributed by atoms with Crippen LogP contribution in [0.1, 0.15) is 19.3 Å². The third-order valence-corrected chi connectivity index (χ3v) is 3.94. The highest BCUT2D eigenvalue weighted by Crippen LogP contribution is 2.29. The molecule has 1 saturated heterocycles. The summed E-state index contributed by atoms with van der Waals surface area (Å²) in [4.78, 5) is 11.3. The maximum Gasteiger partial charge on any atom is 0.172 e. The lowest BCUT2D eigenvalue weighted by molar-refractivity contribution is 0.462. The van der Waals surface area contributed by atoms with E-state index in [9.17, 15) is 0 Å². The van der Waals surface area contributed by atoms with Gasteiger partial charge in [0.05, 0.1) is 11.0 Å². The molecule has 0 amide bonds. The lowest BCUT2D eigenvalue weighted by Gasteiger charge is -2.36. The van der Waals surface area contributed by atoms with Crippen LogP contribution in [-0.2, 0) is 0 Å². The molecule has 2 heterocycles. The van der Waals surface area contributed by atoms with Gasteiger partial charge < -0.3 is 10.6 Å². The Labute approximate surface area is 117 Å². The first-order valence-corrected chi connectivity index (χ1v) is 7.06. The maximum absolute atomic E-state index is 6.30. The summed E-state index contributed by atoms with van der Waals surface area (Å²) in [6.07, 6.45) is 3.47. The molecule has 1 aliphatic heterocycles. The number of aromatic nitrogens is 2. The van der Waals surface area contributed by atoms with Crippen LogP contribution < -0.4 is 10.6 Å². The fraction of sp³-hybridized carbons (Fsp3) is 0.429. The summed E-state index contributed by atoms with van der Waals surface area (Å²) in [5.74, 6) is 0.774. The minimum absolute atomic E-state index is 0.321. The molecule has 1 fully saturated rings. The van der Waals surface area contributed by atoms with Crippen LogP contribution in [0.15, 0.2) is 24.3 Å². The number of anilines is 1. The molecule has 1 aromatic carbocycles. The molecule has 100 valence electrons. The second-order valence-electron chi connectivity index (χ2n) is 4.91. The van der Waals surface area contributed by atoms with Crippen LogP contribution in [0.5, 0.6) is 0 Å². The van der Waals surface area contributed by atoms with E-state index in [2.05, 4.69) is 14.9 Å². The van der Waals surface area contributed by atoms with Crippen LogP contribution in [0, 0.1) is 0 Å². The lowest BCUT2D eigenvalue weighted by atomic mass is 10.0. The summed E-state index contributed by atoms with van der Waals surface area (Å²) in [7, 11) is 0. The number of piperidine rings is 1. The summed E-state index contributed by atoms with van der Waals surface area (Å²) in [6, 6.07) is 8.11. The highest BCUT2D eigenvalue weighted by molar-refractivity contribution is 6.32. The van der Waals surface area contributed by atoms with Crippen molar-refractivity contribution in [2.45, 2.75) is 25.3 Å². The highest BCUT2D eigenvalue weighted by Gasteiger charge is 2.25. The standard InChI is InChI=1S/C14H17ClN4/c15-13-14(19-8-4-3-5-10(19)9-16)18-12-7-2-1-6-11(12)17-13/h1-2,6-7,10H,3-5,8-9,16H2/t10-/m1/s1. The Balaban J connectivity index is 2.05. The average Bonchev–Trinajstić information content (AvgIpc) is 2.46. The number of fused-ring (bicyclic) bond motifs is 1. The molecule has 0 saturated carbocycles. The number of benzene rings is 1. The number of rotatable bonds is 2. The van der Waals surface area contributed by atoms with Crippen LogP contribution >= 0.6 is 11.6 Å². The van der Waals surface area contributed by atoms with Crippen LogP contribution in [0.4, 0.5) is 5.82 Å². The summed E-state index contributed by atoms with van der Waals surface area (Å²) < 4.78 is 0. The van der Waals surface area contributed by atoms with E-state index in [0.29, 0.717) is 17.7 Å². The van der Waals surface area contributed by atoms with Crippen molar-refractivity contribution in [3.8, 4) is 0 Å². The Morgan fingerprint density at radius 1 is 1.21 bits per heavy atom. The van der Waals surface area contributed by atoms with Crippen LogP contribution in [0.3, 0.4) is 0 Å². The number of halogens is 1. The molecule has 0 aliphatic carbocycles. The van der Waals surface area contributed by atoms with Gasteiger partial charge in [-0.05, 0) is 31.4 Å². The van der Waals surface area contributed by atoms with Crippen molar-refractivity contribution in [1.82, 2.24) is 9.97 Å². The van der Waals surface area contributed by atoms with Crippen molar-refractivity contribution in [2.24, 2.45) is 5.73 Å². The first-order valence-electron chi connectivity index (χ1n) is 6.68. The van der Waals surface area contributed by atoms with Gasteiger partial charge >= 0.3 is 0 Å². The van der Waals surface area contributed by atoms with Gasteiger partial charge in [0.15, 0.2) is 11.0 Å². The zero-order valence-corrected chi connectivity index (χ0v) is 11.5. The number of para-hydroxylation sites is 2. The zero-order valence-electron chi connectivity index (χ0n) is 10.7. The summed E-state index contributed by atoms with van der Waals surface area (Å²) in [5.41, 5.74) is 7.57. The van der Waals surface area contributed by atoms with Gasteiger partial charge in [-0.2, -0.15) is 0 Å². The second kappa shape index (κ2) is 5.31. The molecule has 5 heteroatoms. The molecule has 2 aromatic rings. The average molecular weight is 277 g/mol. The minimum atomic E-state index is 0.321. The molecular formula is C14H17ClN4. The van der Waals surface area contributed by atoms with E-state index < -0.39 is 0 Å². The van der Waals surface area contributed by atoms with Crippen LogP contribution in [0.2, 0.25) is 5.15 Å². The first kappa shape index (κ1) is 12.6. The zero-order chi connectivity index (χ0) is 13.2. The fourth-order valence-corrected chi connectivity index (χ4v) is 2.92. The Bertz CT molecular complexity index is 587. The van der Waals surface area contributed by atoms with Crippen molar-refractivity contribution in [1.29, 1.82) is 0 Å². The molecule has 0 unspecified atom stereocenters. The van der Waals surface area contributed by atoms with Gasteiger partial charge in [0.2, 0.25) is 0 Å². The number of hydrogen-bond acceptors (Lipinski definition) is 4. The fourth-order valence-electron chi connectivity index (χ4n) is 2.68. The molecular weight excluding hydrogens is 260 g/mol. The predicted molar refractivity (Wildman–Crippen MR) is 78.6 cm³/mol. The molecule has 1 aromatic heterocycles. The predicted octanol–water partition coefficient (Wildman–Crippen LogP) is 2.60. The Morgan fingerprint density at radius 3 is 2.68 bits per heavy atom. The van der Waals surface area contributed by atoms with Crippen LogP contribution in [-0.4, -0.2) is 29.1 Å². The molecule has 1 aliphatic rings. The molecule has 2 N–H and O–H groups in total. The van der Waals surface area contributed by atoms with E-state index >= 15 is 0 Å². The van der Waals surface area contributed by atoms with Gasteiger partial charge in [-0.1, -0.05) is 23.7 Å². The summed E-state index contributed by atoms with van der Waals surface area (Å²) >= 11 is 6.30. The largest absolute Gasteiger partial charge is 0.350 e. The van der Waals surface area contributed by atoms with Crippen LogP contribution in [0.25, 0.3) is 11.0 Å². The van der Waals surface area contributed by atoms with Gasteiger partial charge in [0, 0.05) is 19.1 Å². The molecule has 3 rings (SSSR count). The number of nitrogens with zero attached hydrogens (tertiary/aromatic N) is 3. The minimum Gasteiger partial charge on any atom is -0.350 e. The first-order chi connectivity index (χ1) is 9.29. The third kappa shape index (κ3) is 2.38. The molecule has 0 radical (unpaired) electrons. The Morgan fingerprint density at radius 2 is 1.95 bits per heavy atom. The molecule has 19 heavy (non-hydrogen) atoms. The monoisotopic (exact) mass is 276 g/mol. The topological polar surface area (TPSA) is 55.0 Å². The van der Waals surface area contributed by atoms with Crippen molar-refractivity contribution in [3.63, 3.8) is 0 Å². The van der Waals surface area contributed by atoms with Gasteiger partial charge in [0.25, 0.3) is 0 Å². The van der Waals surface area contributed by atoms with E-state index in [4.69, 9.17) is 17.3 Å². The van der Waals surface area contributed by atoms with Crippen molar-refractivity contribution in [2.75, 3.05) is 18.0 Å². The Kier molecular flexibility index (Phi) is 3.53. The quantitative estimate of drug-likeness (QED) is 0.916. The molecule has 1 atom stereocenters. The third-order valence-electron chi connectivity index (χ3n) is 3.68. The molecule has 4 nitrogen and oxygen atoms in total. The van der Waals surface area contributed by atoms with Crippen molar-refractivity contribution >= 4 is 28.5 Å². The summed E-state index contributed by atoms with van der Waals surface area (Å²) in [5, 5.41) is 0.471. The SMILES string of the molecule is NC[C@H]1CCCCN1c1nc2ccccc2nc1Cl. The number of nitrogens with two attached hydrogens (primary N) is 1. The van der Waals surface area contributed by atoms with E-state index in [1.165, 1.54) is 6.42 Å². The highest BCUT2D eigenvalue weighted by atomic mass is 35.5. The second-order valence-corrected chi connectivity index (χ2v) is 5.26. The van der Waals surface area contributed by atoms with E-state index in [1.54, 1.807) is 0 Å².